The first-order chi connectivity index (χ1) is 15.3. The maximum atomic E-state index is 12.9. The minimum absolute atomic E-state index is 0.0677. The number of thioether (sulfide) groups is 3. The summed E-state index contributed by atoms with van der Waals surface area (Å²) < 4.78 is 1.61. The molecule has 1 saturated heterocycles. The number of aryl methyl sites for hydroxylation is 1. The summed E-state index contributed by atoms with van der Waals surface area (Å²) in [5.41, 5.74) is 5.13. The van der Waals surface area contributed by atoms with E-state index in [0.29, 0.717) is 20.9 Å². The highest BCUT2D eigenvalue weighted by Gasteiger charge is 2.57. The fourth-order valence-electron chi connectivity index (χ4n) is 3.15. The fourth-order valence-corrected chi connectivity index (χ4v) is 7.39. The van der Waals surface area contributed by atoms with Gasteiger partial charge in [-0.3, -0.25) is 14.5 Å². The third kappa shape index (κ3) is 3.98. The number of thiazole rings is 1. The molecule has 2 aliphatic rings. The Kier molecular flexibility index (Phi) is 6.45. The lowest BCUT2D eigenvalue weighted by Crippen LogP contribution is -2.64. The first-order valence-electron chi connectivity index (χ1n) is 8.81. The van der Waals surface area contributed by atoms with Gasteiger partial charge < -0.3 is 16.0 Å². The molecule has 4 heterocycles. The normalized spacial score (nSPS) is 20.8. The second-order valence-electron chi connectivity index (χ2n) is 6.42. The summed E-state index contributed by atoms with van der Waals surface area (Å²) >= 11 is 5.03. The van der Waals surface area contributed by atoms with Gasteiger partial charge >= 0.3 is 5.97 Å². The third-order valence-electron chi connectivity index (χ3n) is 4.61. The Hall–Kier alpha value is -2.56. The fraction of sp³-hybridized carbons (Fsp3) is 0.312. The number of amides is 1. The standard InChI is InChI=1S/C16H15N7O5S4/c1-22-16(18-4-19-22)32-5-31-7-3-29-13-8(12(25)23(13)10(7)14(26)27)11(24)9(21-28)6-2-30-15(17)20-6/h2,4,8,13,28H,3,5H2,1H3,(H2,17,20)(H,26,27)/b21-9-/t8-,13-/m1/s1. The number of hydrogen-bond acceptors (Lipinski definition) is 13. The van der Waals surface area contributed by atoms with Crippen molar-refractivity contribution in [2.45, 2.75) is 10.5 Å². The Morgan fingerprint density at radius 3 is 2.78 bits per heavy atom. The second kappa shape index (κ2) is 9.13. The van der Waals surface area contributed by atoms with Crippen LogP contribution in [0.5, 0.6) is 0 Å². The van der Waals surface area contributed by atoms with Crippen LogP contribution in [0.2, 0.25) is 0 Å². The molecule has 4 N–H and O–H groups in total. The summed E-state index contributed by atoms with van der Waals surface area (Å²) in [5, 5.41) is 28.2. The van der Waals surface area contributed by atoms with Crippen LogP contribution in [0.4, 0.5) is 5.13 Å². The van der Waals surface area contributed by atoms with Crippen molar-refractivity contribution in [1.29, 1.82) is 0 Å². The molecule has 0 radical (unpaired) electrons. The van der Waals surface area contributed by atoms with Crippen molar-refractivity contribution in [1.82, 2.24) is 24.6 Å². The molecule has 2 aromatic heterocycles. The Morgan fingerprint density at radius 1 is 1.41 bits per heavy atom. The lowest BCUT2D eigenvalue weighted by atomic mass is 9.89. The highest BCUT2D eigenvalue weighted by atomic mass is 32.2. The average Bonchev–Trinajstić information content (AvgIpc) is 3.36. The van der Waals surface area contributed by atoms with E-state index in [1.165, 1.54) is 47.0 Å². The second-order valence-corrected chi connectivity index (χ2v) is 10.8. The monoisotopic (exact) mass is 513 g/mol. The number of β-lactam (4-membered cyclic amide) rings is 1. The van der Waals surface area contributed by atoms with Crippen molar-refractivity contribution in [3.8, 4) is 0 Å². The molecular formula is C16H15N7O5S4. The average molecular weight is 514 g/mol. The maximum absolute atomic E-state index is 12.9. The van der Waals surface area contributed by atoms with Crippen LogP contribution in [-0.2, 0) is 21.4 Å². The number of hydrogen-bond donors (Lipinski definition) is 3. The zero-order valence-corrected chi connectivity index (χ0v) is 19.5. The van der Waals surface area contributed by atoms with E-state index in [1.54, 1.807) is 11.7 Å². The number of nitrogens with zero attached hydrogens (tertiary/aromatic N) is 6. The van der Waals surface area contributed by atoms with Crippen LogP contribution in [0.15, 0.2) is 32.6 Å². The van der Waals surface area contributed by atoms with E-state index in [0.717, 1.165) is 16.2 Å². The molecule has 0 spiro atoms. The van der Waals surface area contributed by atoms with Crippen molar-refractivity contribution in [3.63, 3.8) is 0 Å². The topological polar surface area (TPSA) is 177 Å². The quantitative estimate of drug-likeness (QED) is 0.0866. The van der Waals surface area contributed by atoms with Gasteiger partial charge in [0, 0.05) is 23.1 Å². The number of carboxylic acid groups (broad SMARTS) is 1. The predicted molar refractivity (Wildman–Crippen MR) is 120 cm³/mol. The highest BCUT2D eigenvalue weighted by Crippen LogP contribution is 2.47. The van der Waals surface area contributed by atoms with E-state index in [-0.39, 0.29) is 22.2 Å². The maximum Gasteiger partial charge on any atom is 0.353 e. The van der Waals surface area contributed by atoms with E-state index in [2.05, 4.69) is 20.2 Å². The summed E-state index contributed by atoms with van der Waals surface area (Å²) in [6.07, 6.45) is 1.43. The molecule has 1 fully saturated rings. The number of nitrogen functional groups attached to an aromatic ring is 1. The van der Waals surface area contributed by atoms with Gasteiger partial charge in [-0.25, -0.2) is 19.4 Å². The Bertz CT molecular complexity index is 1160. The number of fused-ring (bicyclic) bond motifs is 1. The third-order valence-corrected chi connectivity index (χ3v) is 9.00. The molecule has 0 aliphatic carbocycles. The summed E-state index contributed by atoms with van der Waals surface area (Å²) in [7, 11) is 1.75. The van der Waals surface area contributed by atoms with E-state index < -0.39 is 29.0 Å². The number of Topliss-reactive ketones (excluding diaryl/α,β-unsaturated/α-hetero) is 1. The molecule has 1 amide bonds. The van der Waals surface area contributed by atoms with Gasteiger partial charge in [0.15, 0.2) is 16.0 Å². The lowest BCUT2D eigenvalue weighted by molar-refractivity contribution is -0.155. The number of carboxylic acids is 1. The summed E-state index contributed by atoms with van der Waals surface area (Å²) in [6.45, 7) is 0. The number of aliphatic carboxylic acids is 1. The van der Waals surface area contributed by atoms with Gasteiger partial charge in [0.25, 0.3) is 0 Å². The van der Waals surface area contributed by atoms with Crippen LogP contribution >= 0.6 is 46.6 Å². The van der Waals surface area contributed by atoms with Gasteiger partial charge in [-0.1, -0.05) is 16.9 Å². The summed E-state index contributed by atoms with van der Waals surface area (Å²) in [4.78, 5) is 47.4. The number of carbonyl (C=O) groups excluding carboxylic acids is 2. The Morgan fingerprint density at radius 2 is 2.19 bits per heavy atom. The lowest BCUT2D eigenvalue weighted by Gasteiger charge is -2.48. The number of anilines is 1. The first kappa shape index (κ1) is 22.6. The molecule has 0 bridgehead atoms. The van der Waals surface area contributed by atoms with Crippen LogP contribution in [0.1, 0.15) is 5.69 Å². The number of nitrogens with two attached hydrogens (primary N) is 1. The Labute approximate surface area is 197 Å². The minimum Gasteiger partial charge on any atom is -0.477 e. The largest absolute Gasteiger partial charge is 0.477 e. The zero-order valence-electron chi connectivity index (χ0n) is 16.2. The summed E-state index contributed by atoms with van der Waals surface area (Å²) in [6, 6.07) is 0. The summed E-state index contributed by atoms with van der Waals surface area (Å²) in [5.74, 6) is -3.48. The molecule has 0 saturated carbocycles. The van der Waals surface area contributed by atoms with E-state index in [1.807, 2.05) is 0 Å². The van der Waals surface area contributed by atoms with E-state index >= 15 is 0 Å². The molecule has 2 aliphatic heterocycles. The van der Waals surface area contributed by atoms with Crippen LogP contribution < -0.4 is 5.73 Å². The molecule has 4 rings (SSSR count). The van der Waals surface area contributed by atoms with Crippen molar-refractivity contribution >= 4 is 75.1 Å². The molecule has 2 aromatic rings. The van der Waals surface area contributed by atoms with Crippen molar-refractivity contribution in [3.05, 3.63) is 28.0 Å². The molecule has 32 heavy (non-hydrogen) atoms. The van der Waals surface area contributed by atoms with Crippen molar-refractivity contribution < 1.29 is 24.7 Å². The number of rotatable bonds is 8. The Balaban J connectivity index is 1.51. The highest BCUT2D eigenvalue weighted by molar-refractivity contribution is 8.18. The number of ketones is 1. The molecule has 16 heteroatoms. The van der Waals surface area contributed by atoms with Crippen molar-refractivity contribution in [2.24, 2.45) is 18.1 Å². The van der Waals surface area contributed by atoms with Crippen LogP contribution in [0, 0.1) is 5.92 Å². The molecule has 12 nitrogen and oxygen atoms in total. The van der Waals surface area contributed by atoms with Gasteiger partial charge in [0.2, 0.25) is 11.7 Å². The SMILES string of the molecule is Cn1ncnc1SCSC1=C(C(=O)O)N2C(=O)[C@@H](C(=O)/C(=N\O)c3csc(N)n3)[C@H]2SC1. The molecule has 168 valence electrons. The van der Waals surface area contributed by atoms with Crippen LogP contribution in [-0.4, -0.2) is 74.5 Å². The minimum atomic E-state index is -1.25. The zero-order chi connectivity index (χ0) is 23.0. The van der Waals surface area contributed by atoms with Gasteiger partial charge in [-0.2, -0.15) is 5.10 Å². The molecule has 2 atom stereocenters. The number of carbonyl (C=O) groups is 3. The number of aromatic nitrogens is 4. The van der Waals surface area contributed by atoms with Gasteiger partial charge in [0.1, 0.15) is 29.0 Å². The molecular weight excluding hydrogens is 498 g/mol. The van der Waals surface area contributed by atoms with Gasteiger partial charge in [-0.15, -0.1) is 34.9 Å². The molecule has 0 unspecified atom stereocenters. The van der Waals surface area contributed by atoms with Crippen molar-refractivity contribution in [2.75, 3.05) is 16.6 Å². The van der Waals surface area contributed by atoms with E-state index in [9.17, 15) is 24.7 Å². The number of oxime groups is 1. The van der Waals surface area contributed by atoms with E-state index in [4.69, 9.17) is 5.73 Å². The van der Waals surface area contributed by atoms with Gasteiger partial charge in [-0.05, 0) is 0 Å². The first-order valence-corrected chi connectivity index (χ1v) is 12.7. The predicted octanol–water partition coefficient (Wildman–Crippen LogP) is 0.912. The smallest absolute Gasteiger partial charge is 0.353 e. The molecule has 0 aromatic carbocycles. The van der Waals surface area contributed by atoms with Gasteiger partial charge in [0.05, 0.1) is 5.08 Å². The van der Waals surface area contributed by atoms with Crippen LogP contribution in [0.3, 0.4) is 0 Å². The van der Waals surface area contributed by atoms with Crippen LogP contribution in [0.25, 0.3) is 0 Å².